The molecule has 0 saturated carbocycles. The third-order valence-electron chi connectivity index (χ3n) is 2.50. The Kier molecular flexibility index (Phi) is 4.55. The van der Waals surface area contributed by atoms with E-state index in [-0.39, 0.29) is 21.2 Å². The zero-order valence-corrected chi connectivity index (χ0v) is 13.5. The monoisotopic (exact) mass is 389 g/mol. The van der Waals surface area contributed by atoms with Gasteiger partial charge >= 0.3 is 5.97 Å². The summed E-state index contributed by atoms with van der Waals surface area (Å²) in [5.41, 5.74) is -0.0192. The number of rotatable bonds is 4. The van der Waals surface area contributed by atoms with E-state index < -0.39 is 16.0 Å². The van der Waals surface area contributed by atoms with E-state index in [4.69, 9.17) is 16.7 Å². The Morgan fingerprint density at radius 1 is 1.19 bits per heavy atom. The molecular weight excluding hydrogens is 382 g/mol. The SMILES string of the molecule is O=C(O)c1cc(Cl)cc(NS(=O)(=O)c2cccc(Br)c2)c1. The third-order valence-corrected chi connectivity index (χ3v) is 4.59. The number of carbonyl (C=O) groups is 1. The number of sulfonamides is 1. The maximum atomic E-state index is 12.2. The van der Waals surface area contributed by atoms with Crippen molar-refractivity contribution < 1.29 is 18.3 Å². The molecule has 0 radical (unpaired) electrons. The van der Waals surface area contributed by atoms with Crippen LogP contribution in [0.5, 0.6) is 0 Å². The predicted octanol–water partition coefficient (Wildman–Crippen LogP) is 3.60. The van der Waals surface area contributed by atoms with E-state index in [1.54, 1.807) is 12.1 Å². The molecule has 8 heteroatoms. The lowest BCUT2D eigenvalue weighted by molar-refractivity contribution is 0.0697. The summed E-state index contributed by atoms with van der Waals surface area (Å²) in [5.74, 6) is -1.19. The quantitative estimate of drug-likeness (QED) is 0.835. The number of aromatic carboxylic acids is 1. The van der Waals surface area contributed by atoms with Crippen LogP contribution in [0.4, 0.5) is 5.69 Å². The Balaban J connectivity index is 2.39. The summed E-state index contributed by atoms with van der Waals surface area (Å²) in [7, 11) is -3.83. The highest BCUT2D eigenvalue weighted by Gasteiger charge is 2.16. The van der Waals surface area contributed by atoms with Crippen LogP contribution in [-0.4, -0.2) is 19.5 Å². The summed E-state index contributed by atoms with van der Waals surface area (Å²) >= 11 is 8.98. The van der Waals surface area contributed by atoms with Gasteiger partial charge in [-0.2, -0.15) is 0 Å². The zero-order chi connectivity index (χ0) is 15.6. The van der Waals surface area contributed by atoms with Gasteiger partial charge in [0, 0.05) is 9.50 Å². The van der Waals surface area contributed by atoms with Crippen molar-refractivity contribution in [2.75, 3.05) is 4.72 Å². The second kappa shape index (κ2) is 6.05. The summed E-state index contributed by atoms with van der Waals surface area (Å²) in [6.45, 7) is 0. The normalized spacial score (nSPS) is 11.1. The van der Waals surface area contributed by atoms with Crippen LogP contribution in [-0.2, 0) is 10.0 Å². The minimum absolute atomic E-state index is 0.0497. The third kappa shape index (κ3) is 3.96. The van der Waals surface area contributed by atoms with Gasteiger partial charge in [0.05, 0.1) is 16.1 Å². The Bertz CT molecular complexity index is 808. The van der Waals surface area contributed by atoms with Crippen LogP contribution < -0.4 is 4.72 Å². The van der Waals surface area contributed by atoms with Gasteiger partial charge in [0.25, 0.3) is 10.0 Å². The lowest BCUT2D eigenvalue weighted by atomic mass is 10.2. The van der Waals surface area contributed by atoms with Gasteiger partial charge in [-0.05, 0) is 36.4 Å². The van der Waals surface area contributed by atoms with Crippen LogP contribution >= 0.6 is 27.5 Å². The predicted molar refractivity (Wildman–Crippen MR) is 83.4 cm³/mol. The van der Waals surface area contributed by atoms with Gasteiger partial charge in [0.2, 0.25) is 0 Å². The molecule has 2 rings (SSSR count). The number of carboxylic acid groups (broad SMARTS) is 1. The fraction of sp³-hybridized carbons (Fsp3) is 0. The van der Waals surface area contributed by atoms with Crippen molar-refractivity contribution in [2.24, 2.45) is 0 Å². The summed E-state index contributed by atoms with van der Waals surface area (Å²) in [4.78, 5) is 11.0. The molecule has 0 unspecified atom stereocenters. The topological polar surface area (TPSA) is 83.5 Å². The van der Waals surface area contributed by atoms with Crippen molar-refractivity contribution in [3.05, 3.63) is 57.5 Å². The van der Waals surface area contributed by atoms with Crippen molar-refractivity contribution in [2.45, 2.75) is 4.90 Å². The summed E-state index contributed by atoms with van der Waals surface area (Å²) in [6, 6.07) is 9.91. The molecule has 110 valence electrons. The Morgan fingerprint density at radius 3 is 2.52 bits per heavy atom. The van der Waals surface area contributed by atoms with Gasteiger partial charge in [-0.3, -0.25) is 4.72 Å². The van der Waals surface area contributed by atoms with Crippen LogP contribution in [0.25, 0.3) is 0 Å². The van der Waals surface area contributed by atoms with E-state index in [0.717, 1.165) is 0 Å². The Hall–Kier alpha value is -1.57. The minimum atomic E-state index is -3.83. The van der Waals surface area contributed by atoms with Gasteiger partial charge in [-0.15, -0.1) is 0 Å². The molecule has 0 bridgehead atoms. The molecule has 0 aromatic heterocycles. The van der Waals surface area contributed by atoms with Gasteiger partial charge in [0.15, 0.2) is 0 Å². The van der Waals surface area contributed by atoms with Crippen LogP contribution in [0.3, 0.4) is 0 Å². The average Bonchev–Trinajstić information content (AvgIpc) is 2.37. The number of carboxylic acids is 1. The fourth-order valence-electron chi connectivity index (χ4n) is 1.62. The number of hydrogen-bond acceptors (Lipinski definition) is 3. The summed E-state index contributed by atoms with van der Waals surface area (Å²) in [6.07, 6.45) is 0. The second-order valence-corrected chi connectivity index (χ2v) is 7.13. The van der Waals surface area contributed by atoms with Crippen LogP contribution in [0.15, 0.2) is 51.8 Å². The van der Waals surface area contributed by atoms with E-state index in [1.165, 1.54) is 30.3 Å². The summed E-state index contributed by atoms with van der Waals surface area (Å²) < 4.78 is 27.4. The average molecular weight is 391 g/mol. The van der Waals surface area contributed by atoms with Crippen molar-refractivity contribution in [3.63, 3.8) is 0 Å². The molecule has 0 aliphatic carbocycles. The van der Waals surface area contributed by atoms with Crippen molar-refractivity contribution in [1.82, 2.24) is 0 Å². The Labute approximate surface area is 134 Å². The van der Waals surface area contributed by atoms with E-state index in [1.807, 2.05) is 0 Å². The molecule has 0 fully saturated rings. The van der Waals surface area contributed by atoms with E-state index in [2.05, 4.69) is 20.7 Å². The van der Waals surface area contributed by atoms with Crippen LogP contribution in [0.2, 0.25) is 5.02 Å². The molecule has 2 aromatic carbocycles. The molecule has 0 aliphatic rings. The molecule has 2 N–H and O–H groups in total. The van der Waals surface area contributed by atoms with E-state index >= 15 is 0 Å². The highest BCUT2D eigenvalue weighted by atomic mass is 79.9. The van der Waals surface area contributed by atoms with Gasteiger partial charge in [-0.1, -0.05) is 33.6 Å². The standard InChI is InChI=1S/C13H9BrClNO4S/c14-9-2-1-3-12(6-9)21(19,20)16-11-5-8(13(17)18)4-10(15)7-11/h1-7,16H,(H,17,18). The number of halogens is 2. The molecule has 0 spiro atoms. The second-order valence-electron chi connectivity index (χ2n) is 4.10. The first-order valence-electron chi connectivity index (χ1n) is 5.60. The maximum absolute atomic E-state index is 12.2. The molecule has 0 atom stereocenters. The molecule has 0 saturated heterocycles. The van der Waals surface area contributed by atoms with Gasteiger partial charge in [-0.25, -0.2) is 13.2 Å². The molecular formula is C13H9BrClNO4S. The van der Waals surface area contributed by atoms with Crippen molar-refractivity contribution in [1.29, 1.82) is 0 Å². The fourth-order valence-corrected chi connectivity index (χ4v) is 3.49. The van der Waals surface area contributed by atoms with Crippen molar-refractivity contribution >= 4 is 49.2 Å². The Morgan fingerprint density at radius 2 is 1.90 bits per heavy atom. The molecule has 2 aromatic rings. The van der Waals surface area contributed by atoms with Crippen molar-refractivity contribution in [3.8, 4) is 0 Å². The number of benzene rings is 2. The van der Waals surface area contributed by atoms with Crippen LogP contribution in [0.1, 0.15) is 10.4 Å². The first-order valence-corrected chi connectivity index (χ1v) is 8.25. The smallest absolute Gasteiger partial charge is 0.335 e. The van der Waals surface area contributed by atoms with Gasteiger partial charge in [0.1, 0.15) is 0 Å². The molecule has 5 nitrogen and oxygen atoms in total. The lowest BCUT2D eigenvalue weighted by Crippen LogP contribution is -2.13. The molecule has 0 amide bonds. The lowest BCUT2D eigenvalue weighted by Gasteiger charge is -2.09. The summed E-state index contributed by atoms with van der Waals surface area (Å²) in [5, 5.41) is 9.07. The molecule has 0 aliphatic heterocycles. The van der Waals surface area contributed by atoms with Crippen LogP contribution in [0, 0.1) is 0 Å². The maximum Gasteiger partial charge on any atom is 0.335 e. The van der Waals surface area contributed by atoms with E-state index in [0.29, 0.717) is 4.47 Å². The number of anilines is 1. The highest BCUT2D eigenvalue weighted by Crippen LogP contribution is 2.23. The van der Waals surface area contributed by atoms with E-state index in [9.17, 15) is 13.2 Å². The largest absolute Gasteiger partial charge is 0.478 e. The number of nitrogens with one attached hydrogen (secondary N) is 1. The first kappa shape index (κ1) is 15.8. The minimum Gasteiger partial charge on any atom is -0.478 e. The molecule has 21 heavy (non-hydrogen) atoms. The zero-order valence-electron chi connectivity index (χ0n) is 10.4. The first-order chi connectivity index (χ1) is 9.78. The molecule has 0 heterocycles. The highest BCUT2D eigenvalue weighted by molar-refractivity contribution is 9.10. The van der Waals surface area contributed by atoms with Gasteiger partial charge < -0.3 is 5.11 Å². The number of hydrogen-bond donors (Lipinski definition) is 2.